The summed E-state index contributed by atoms with van der Waals surface area (Å²) in [4.78, 5) is 28.5. The summed E-state index contributed by atoms with van der Waals surface area (Å²) in [6.07, 6.45) is 1.25. The molecule has 0 aliphatic carbocycles. The highest BCUT2D eigenvalue weighted by Crippen LogP contribution is 2.31. The molecule has 0 saturated carbocycles. The Balaban J connectivity index is 2.00. The molecule has 0 radical (unpaired) electrons. The molecule has 3 rings (SSSR count). The summed E-state index contributed by atoms with van der Waals surface area (Å²) in [5, 5.41) is 3.32. The smallest absolute Gasteiger partial charge is 0.264 e. The zero-order chi connectivity index (χ0) is 28.6. The second kappa shape index (κ2) is 13.6. The molecule has 0 spiro atoms. The van der Waals surface area contributed by atoms with Gasteiger partial charge in [-0.2, -0.15) is 0 Å². The van der Waals surface area contributed by atoms with Gasteiger partial charge in [0, 0.05) is 17.6 Å². The molecule has 2 unspecified atom stereocenters. The summed E-state index contributed by atoms with van der Waals surface area (Å²) >= 11 is 6.36. The van der Waals surface area contributed by atoms with E-state index in [2.05, 4.69) is 5.32 Å². The van der Waals surface area contributed by atoms with Crippen molar-refractivity contribution in [3.63, 3.8) is 0 Å². The Morgan fingerprint density at radius 1 is 0.923 bits per heavy atom. The molecule has 0 fully saturated rings. The van der Waals surface area contributed by atoms with Gasteiger partial charge in [-0.05, 0) is 69.0 Å². The monoisotopic (exact) mass is 569 g/mol. The molecule has 3 aromatic rings. The van der Waals surface area contributed by atoms with Gasteiger partial charge >= 0.3 is 0 Å². The van der Waals surface area contributed by atoms with Crippen molar-refractivity contribution in [2.45, 2.75) is 57.5 Å². The number of hydrogen-bond donors (Lipinski definition) is 1. The van der Waals surface area contributed by atoms with Gasteiger partial charge in [0.2, 0.25) is 11.8 Å². The van der Waals surface area contributed by atoms with Gasteiger partial charge in [0.05, 0.1) is 10.6 Å². The molecule has 2 amide bonds. The second-order valence-electron chi connectivity index (χ2n) is 9.53. The number of hydrogen-bond acceptors (Lipinski definition) is 4. The summed E-state index contributed by atoms with van der Waals surface area (Å²) in [6.45, 7) is 7.00. The minimum Gasteiger partial charge on any atom is -0.352 e. The van der Waals surface area contributed by atoms with Crippen LogP contribution in [-0.2, 0) is 26.0 Å². The van der Waals surface area contributed by atoms with Crippen LogP contribution in [0.1, 0.15) is 38.3 Å². The maximum absolute atomic E-state index is 13.9. The van der Waals surface area contributed by atoms with Crippen LogP contribution in [0.25, 0.3) is 0 Å². The Morgan fingerprint density at radius 3 is 2.15 bits per heavy atom. The SMILES string of the molecule is CCC(C)NC(=O)C(C)N(CCc1ccccc1)C(=O)CN(c1cccc(Cl)c1C)S(=O)(=O)c1ccccc1. The predicted molar refractivity (Wildman–Crippen MR) is 156 cm³/mol. The average molecular weight is 570 g/mol. The van der Waals surface area contributed by atoms with Crippen molar-refractivity contribution in [2.24, 2.45) is 0 Å². The van der Waals surface area contributed by atoms with Crippen LogP contribution in [0.4, 0.5) is 5.69 Å². The van der Waals surface area contributed by atoms with Crippen LogP contribution in [0.2, 0.25) is 5.02 Å². The highest BCUT2D eigenvalue weighted by Gasteiger charge is 2.33. The molecule has 9 heteroatoms. The zero-order valence-electron chi connectivity index (χ0n) is 22.8. The lowest BCUT2D eigenvalue weighted by Gasteiger charge is -2.33. The van der Waals surface area contributed by atoms with Crippen molar-refractivity contribution < 1.29 is 18.0 Å². The third kappa shape index (κ3) is 7.61. The first-order valence-corrected chi connectivity index (χ1v) is 14.8. The maximum Gasteiger partial charge on any atom is 0.264 e. The van der Waals surface area contributed by atoms with Crippen LogP contribution in [0.3, 0.4) is 0 Å². The first kappa shape index (κ1) is 30.2. The minimum atomic E-state index is -4.13. The first-order chi connectivity index (χ1) is 18.6. The lowest BCUT2D eigenvalue weighted by Crippen LogP contribution is -2.53. The van der Waals surface area contributed by atoms with Crippen LogP contribution in [0.15, 0.2) is 83.8 Å². The van der Waals surface area contributed by atoms with E-state index >= 15 is 0 Å². The number of carbonyl (C=O) groups is 2. The molecule has 0 heterocycles. The topological polar surface area (TPSA) is 86.8 Å². The maximum atomic E-state index is 13.9. The van der Waals surface area contributed by atoms with Gasteiger partial charge in [-0.15, -0.1) is 0 Å². The van der Waals surface area contributed by atoms with Crippen LogP contribution < -0.4 is 9.62 Å². The largest absolute Gasteiger partial charge is 0.352 e. The van der Waals surface area contributed by atoms with E-state index in [9.17, 15) is 18.0 Å². The van der Waals surface area contributed by atoms with Gasteiger partial charge in [0.15, 0.2) is 0 Å². The van der Waals surface area contributed by atoms with Gasteiger partial charge in [0.1, 0.15) is 12.6 Å². The first-order valence-electron chi connectivity index (χ1n) is 13.0. The van der Waals surface area contributed by atoms with Crippen LogP contribution in [0.5, 0.6) is 0 Å². The molecule has 2 atom stereocenters. The molecule has 39 heavy (non-hydrogen) atoms. The minimum absolute atomic E-state index is 0.0515. The molecule has 0 saturated heterocycles. The zero-order valence-corrected chi connectivity index (χ0v) is 24.4. The molecule has 3 aromatic carbocycles. The van der Waals surface area contributed by atoms with Crippen molar-refractivity contribution >= 4 is 39.1 Å². The fourth-order valence-corrected chi connectivity index (χ4v) is 5.80. The molecule has 0 aromatic heterocycles. The van der Waals surface area contributed by atoms with E-state index in [0.717, 1.165) is 16.3 Å². The van der Waals surface area contributed by atoms with Crippen molar-refractivity contribution in [3.8, 4) is 0 Å². The summed E-state index contributed by atoms with van der Waals surface area (Å²) in [5.41, 5.74) is 1.84. The van der Waals surface area contributed by atoms with Gasteiger partial charge in [-0.25, -0.2) is 8.42 Å². The Hall–Kier alpha value is -3.36. The normalized spacial score (nSPS) is 12.8. The van der Waals surface area contributed by atoms with Gasteiger partial charge in [0.25, 0.3) is 10.0 Å². The molecular formula is C30H36ClN3O4S. The lowest BCUT2D eigenvalue weighted by molar-refractivity contribution is -0.139. The van der Waals surface area contributed by atoms with Gasteiger partial charge in [-0.3, -0.25) is 13.9 Å². The second-order valence-corrected chi connectivity index (χ2v) is 11.8. The molecule has 1 N–H and O–H groups in total. The fourth-order valence-electron chi connectivity index (χ4n) is 4.13. The number of nitrogens with one attached hydrogen (secondary N) is 1. The predicted octanol–water partition coefficient (Wildman–Crippen LogP) is 5.22. The van der Waals surface area contributed by atoms with E-state index < -0.39 is 28.5 Å². The summed E-state index contributed by atoms with van der Waals surface area (Å²) in [6, 6.07) is 21.7. The van der Waals surface area contributed by atoms with E-state index in [1.807, 2.05) is 44.2 Å². The molecule has 0 aliphatic rings. The number of carbonyl (C=O) groups excluding carboxylic acids is 2. The standard InChI is InChI=1S/C30H36ClN3O4S/c1-5-22(2)32-30(36)24(4)33(20-19-25-13-8-6-9-14-25)29(35)21-34(28-18-12-17-27(31)23(28)3)39(37,38)26-15-10-7-11-16-26/h6-18,22,24H,5,19-21H2,1-4H3,(H,32,36). The van der Waals surface area contributed by atoms with Crippen LogP contribution in [-0.4, -0.2) is 50.3 Å². The Bertz CT molecular complexity index is 1370. The van der Waals surface area contributed by atoms with Gasteiger partial charge in [-0.1, -0.05) is 73.1 Å². The number of anilines is 1. The van der Waals surface area contributed by atoms with E-state index in [1.165, 1.54) is 17.0 Å². The third-order valence-electron chi connectivity index (χ3n) is 6.77. The summed E-state index contributed by atoms with van der Waals surface area (Å²) < 4.78 is 28.8. The number of halogens is 1. The van der Waals surface area contributed by atoms with E-state index in [4.69, 9.17) is 11.6 Å². The van der Waals surface area contributed by atoms with Crippen LogP contribution in [0, 0.1) is 6.92 Å². The fraction of sp³-hybridized carbons (Fsp3) is 0.333. The Kier molecular flexibility index (Phi) is 10.5. The van der Waals surface area contributed by atoms with E-state index in [-0.39, 0.29) is 23.4 Å². The molecule has 7 nitrogen and oxygen atoms in total. The van der Waals surface area contributed by atoms with Crippen LogP contribution >= 0.6 is 11.6 Å². The molecule has 0 bridgehead atoms. The summed E-state index contributed by atoms with van der Waals surface area (Å²) in [7, 11) is -4.13. The van der Waals surface area contributed by atoms with Crippen molar-refractivity contribution in [2.75, 3.05) is 17.4 Å². The molecular weight excluding hydrogens is 534 g/mol. The number of benzene rings is 3. The highest BCUT2D eigenvalue weighted by atomic mass is 35.5. The van der Waals surface area contributed by atoms with Crippen molar-refractivity contribution in [1.82, 2.24) is 10.2 Å². The lowest BCUT2D eigenvalue weighted by atomic mass is 10.1. The van der Waals surface area contributed by atoms with Crippen molar-refractivity contribution in [3.05, 3.63) is 95.0 Å². The Labute approximate surface area is 236 Å². The highest BCUT2D eigenvalue weighted by molar-refractivity contribution is 7.92. The van der Waals surface area contributed by atoms with E-state index in [0.29, 0.717) is 22.7 Å². The quantitative estimate of drug-likeness (QED) is 0.324. The third-order valence-corrected chi connectivity index (χ3v) is 8.95. The summed E-state index contributed by atoms with van der Waals surface area (Å²) in [5.74, 6) is -0.779. The number of nitrogens with zero attached hydrogens (tertiary/aromatic N) is 2. The van der Waals surface area contributed by atoms with E-state index in [1.54, 1.807) is 50.2 Å². The average Bonchev–Trinajstić information content (AvgIpc) is 2.94. The number of amides is 2. The molecule has 0 aliphatic heterocycles. The number of sulfonamides is 1. The Morgan fingerprint density at radius 2 is 1.54 bits per heavy atom. The number of rotatable bonds is 12. The molecule has 208 valence electrons. The van der Waals surface area contributed by atoms with Crippen molar-refractivity contribution in [1.29, 1.82) is 0 Å². The van der Waals surface area contributed by atoms with Gasteiger partial charge < -0.3 is 10.2 Å².